The van der Waals surface area contributed by atoms with E-state index in [1.165, 1.54) is 6.07 Å². The van der Waals surface area contributed by atoms with Crippen molar-refractivity contribution < 1.29 is 13.6 Å². The van der Waals surface area contributed by atoms with Gasteiger partial charge in [-0.15, -0.1) is 0 Å². The quantitative estimate of drug-likeness (QED) is 0.766. The average Bonchev–Trinajstić information content (AvgIpc) is 2.91. The van der Waals surface area contributed by atoms with Crippen LogP contribution in [0.15, 0.2) is 46.9 Å². The second kappa shape index (κ2) is 6.60. The van der Waals surface area contributed by atoms with Gasteiger partial charge in [0.1, 0.15) is 11.3 Å². The number of benzene rings is 2. The normalized spacial score (nSPS) is 10.9. The van der Waals surface area contributed by atoms with Crippen molar-refractivity contribution in [2.75, 3.05) is 5.32 Å². The highest BCUT2D eigenvalue weighted by Gasteiger charge is 2.10. The zero-order chi connectivity index (χ0) is 16.2. The van der Waals surface area contributed by atoms with E-state index < -0.39 is 0 Å². The number of aryl methyl sites for hydroxylation is 2. The van der Waals surface area contributed by atoms with Gasteiger partial charge in [0, 0.05) is 13.3 Å². The van der Waals surface area contributed by atoms with Crippen LogP contribution in [0.3, 0.4) is 0 Å². The molecule has 0 saturated carbocycles. The molecule has 0 aliphatic carbocycles. The molecule has 23 heavy (non-hydrogen) atoms. The lowest BCUT2D eigenvalue weighted by molar-refractivity contribution is -0.116. The van der Waals surface area contributed by atoms with E-state index in [-0.39, 0.29) is 11.7 Å². The maximum atomic E-state index is 13.5. The Hall–Kier alpha value is -2.69. The first-order chi connectivity index (χ1) is 11.1. The molecular weight excluding hydrogens is 295 g/mol. The predicted octanol–water partition coefficient (Wildman–Crippen LogP) is 4.24. The maximum absolute atomic E-state index is 13.5. The van der Waals surface area contributed by atoms with Gasteiger partial charge >= 0.3 is 0 Å². The number of nitrogens with zero attached hydrogens (tertiary/aromatic N) is 1. The molecule has 3 rings (SSSR count). The van der Waals surface area contributed by atoms with Crippen LogP contribution in [0.25, 0.3) is 11.1 Å². The first-order valence-corrected chi connectivity index (χ1v) is 7.53. The van der Waals surface area contributed by atoms with Gasteiger partial charge in [-0.05, 0) is 36.6 Å². The van der Waals surface area contributed by atoms with Crippen LogP contribution in [0.5, 0.6) is 0 Å². The average molecular weight is 312 g/mol. The molecule has 118 valence electrons. The molecule has 3 aromatic rings. The minimum atomic E-state index is -0.227. The van der Waals surface area contributed by atoms with Gasteiger partial charge in [0.2, 0.25) is 5.91 Å². The molecule has 1 N–H and O–H groups in total. The summed E-state index contributed by atoms with van der Waals surface area (Å²) in [5, 5.41) is 2.83. The summed E-state index contributed by atoms with van der Waals surface area (Å²) in [6, 6.07) is 12.1. The monoisotopic (exact) mass is 312 g/mol. The molecule has 1 amide bonds. The fourth-order valence-electron chi connectivity index (χ4n) is 2.51. The highest BCUT2D eigenvalue weighted by atomic mass is 19.1. The number of fused-ring (bicyclic) bond motifs is 1. The first-order valence-electron chi connectivity index (χ1n) is 7.53. The third-order valence-corrected chi connectivity index (χ3v) is 3.60. The number of rotatable bonds is 5. The van der Waals surface area contributed by atoms with Crippen molar-refractivity contribution in [3.8, 4) is 0 Å². The number of para-hydroxylation sites is 1. The van der Waals surface area contributed by atoms with Crippen molar-refractivity contribution in [3.63, 3.8) is 0 Å². The Morgan fingerprint density at radius 3 is 2.87 bits per heavy atom. The Balaban J connectivity index is 1.60. The summed E-state index contributed by atoms with van der Waals surface area (Å²) in [7, 11) is 0. The summed E-state index contributed by atoms with van der Waals surface area (Å²) in [5.74, 6) is 0.207. The second-order valence-electron chi connectivity index (χ2n) is 5.38. The van der Waals surface area contributed by atoms with E-state index >= 15 is 0 Å². The molecule has 0 spiro atoms. The van der Waals surface area contributed by atoms with Crippen LogP contribution in [0.2, 0.25) is 0 Å². The van der Waals surface area contributed by atoms with Crippen LogP contribution < -0.4 is 5.32 Å². The summed E-state index contributed by atoms with van der Waals surface area (Å²) in [5.41, 5.74) is 2.53. The van der Waals surface area contributed by atoms with Crippen LogP contribution in [0.4, 0.5) is 10.1 Å². The number of halogens is 1. The number of anilines is 1. The molecule has 0 unspecified atom stereocenters. The number of hydrogen-bond acceptors (Lipinski definition) is 3. The van der Waals surface area contributed by atoms with Gasteiger partial charge < -0.3 is 9.73 Å². The van der Waals surface area contributed by atoms with Gasteiger partial charge in [-0.1, -0.05) is 24.3 Å². The van der Waals surface area contributed by atoms with Gasteiger partial charge in [0.25, 0.3) is 0 Å². The lowest BCUT2D eigenvalue weighted by Gasteiger charge is -2.06. The van der Waals surface area contributed by atoms with Crippen LogP contribution in [0, 0.1) is 12.7 Å². The van der Waals surface area contributed by atoms with Crippen LogP contribution >= 0.6 is 0 Å². The number of carbonyl (C=O) groups is 1. The van der Waals surface area contributed by atoms with Crippen molar-refractivity contribution >= 4 is 22.7 Å². The lowest BCUT2D eigenvalue weighted by atomic mass is 10.1. The van der Waals surface area contributed by atoms with Crippen LogP contribution in [0.1, 0.15) is 24.3 Å². The molecule has 0 fully saturated rings. The lowest BCUT2D eigenvalue weighted by Crippen LogP contribution is -2.11. The number of carbonyl (C=O) groups excluding carboxylic acids is 1. The zero-order valence-electron chi connectivity index (χ0n) is 12.8. The van der Waals surface area contributed by atoms with Crippen molar-refractivity contribution in [3.05, 3.63) is 59.7 Å². The summed E-state index contributed by atoms with van der Waals surface area (Å²) < 4.78 is 19.0. The fraction of sp³-hybridized carbons (Fsp3) is 0.222. The van der Waals surface area contributed by atoms with Gasteiger partial charge in [-0.2, -0.15) is 0 Å². The molecule has 4 nitrogen and oxygen atoms in total. The van der Waals surface area contributed by atoms with E-state index in [1.54, 1.807) is 31.2 Å². The van der Waals surface area contributed by atoms with E-state index in [1.807, 2.05) is 12.1 Å². The van der Waals surface area contributed by atoms with Gasteiger partial charge in [0.05, 0.1) is 5.69 Å². The Morgan fingerprint density at radius 2 is 2.04 bits per heavy atom. The number of nitrogens with one attached hydrogen (secondary N) is 1. The Labute approximate surface area is 133 Å². The van der Waals surface area contributed by atoms with Gasteiger partial charge in [-0.25, -0.2) is 9.37 Å². The van der Waals surface area contributed by atoms with E-state index in [9.17, 15) is 9.18 Å². The van der Waals surface area contributed by atoms with E-state index in [2.05, 4.69) is 10.3 Å². The molecule has 0 bridgehead atoms. The standard InChI is InChI=1S/C18H17FN2O2/c1-12-20-15-9-5-10-16(18(15)23-12)21-17(22)11-4-7-13-6-2-3-8-14(13)19/h2-3,5-6,8-10H,4,7,11H2,1H3,(H,21,22). The molecule has 0 radical (unpaired) electrons. The Morgan fingerprint density at radius 1 is 1.22 bits per heavy atom. The van der Waals surface area contributed by atoms with E-state index in [0.717, 1.165) is 0 Å². The van der Waals surface area contributed by atoms with Gasteiger partial charge in [0.15, 0.2) is 11.5 Å². The van der Waals surface area contributed by atoms with Gasteiger partial charge in [-0.3, -0.25) is 4.79 Å². The van der Waals surface area contributed by atoms with Crippen molar-refractivity contribution in [1.82, 2.24) is 4.98 Å². The smallest absolute Gasteiger partial charge is 0.224 e. The topological polar surface area (TPSA) is 55.1 Å². The molecular formula is C18H17FN2O2. The second-order valence-corrected chi connectivity index (χ2v) is 5.38. The Bertz CT molecular complexity index is 842. The summed E-state index contributed by atoms with van der Waals surface area (Å²) in [6.45, 7) is 1.76. The molecule has 0 atom stereocenters. The van der Waals surface area contributed by atoms with E-state index in [0.29, 0.717) is 47.5 Å². The van der Waals surface area contributed by atoms with Crippen molar-refractivity contribution in [1.29, 1.82) is 0 Å². The number of oxazole rings is 1. The van der Waals surface area contributed by atoms with E-state index in [4.69, 9.17) is 4.42 Å². The Kier molecular flexibility index (Phi) is 4.37. The fourth-order valence-corrected chi connectivity index (χ4v) is 2.51. The van der Waals surface area contributed by atoms with Crippen molar-refractivity contribution in [2.45, 2.75) is 26.2 Å². The predicted molar refractivity (Wildman–Crippen MR) is 86.7 cm³/mol. The highest BCUT2D eigenvalue weighted by molar-refractivity contribution is 5.98. The molecule has 0 saturated heterocycles. The first kappa shape index (κ1) is 15.2. The summed E-state index contributed by atoms with van der Waals surface area (Å²) >= 11 is 0. The minimum Gasteiger partial charge on any atom is -0.439 e. The van der Waals surface area contributed by atoms with Crippen LogP contribution in [-0.2, 0) is 11.2 Å². The number of aromatic nitrogens is 1. The SMILES string of the molecule is Cc1nc2cccc(NC(=O)CCCc3ccccc3F)c2o1. The zero-order valence-corrected chi connectivity index (χ0v) is 12.8. The van der Waals surface area contributed by atoms with Crippen LogP contribution in [-0.4, -0.2) is 10.9 Å². The molecule has 0 aliphatic heterocycles. The third kappa shape index (κ3) is 3.56. The van der Waals surface area contributed by atoms with Crippen molar-refractivity contribution in [2.24, 2.45) is 0 Å². The summed E-state index contributed by atoms with van der Waals surface area (Å²) in [4.78, 5) is 16.3. The third-order valence-electron chi connectivity index (χ3n) is 3.60. The number of amides is 1. The minimum absolute atomic E-state index is 0.122. The highest BCUT2D eigenvalue weighted by Crippen LogP contribution is 2.24. The number of hydrogen-bond donors (Lipinski definition) is 1. The molecule has 0 aliphatic rings. The largest absolute Gasteiger partial charge is 0.439 e. The molecule has 2 aromatic carbocycles. The molecule has 5 heteroatoms. The summed E-state index contributed by atoms with van der Waals surface area (Å²) in [6.07, 6.45) is 1.43. The molecule has 1 heterocycles. The maximum Gasteiger partial charge on any atom is 0.224 e. The molecule has 1 aromatic heterocycles.